The molecule has 0 saturated carbocycles. The van der Waals surface area contributed by atoms with Crippen LogP contribution in [0.3, 0.4) is 0 Å². The third-order valence-corrected chi connectivity index (χ3v) is 3.69. The van der Waals surface area contributed by atoms with Gasteiger partial charge in [-0.25, -0.2) is 0 Å². The predicted octanol–water partition coefficient (Wildman–Crippen LogP) is 4.77. The van der Waals surface area contributed by atoms with Gasteiger partial charge < -0.3 is 14.8 Å². The zero-order valence-corrected chi connectivity index (χ0v) is 13.7. The molecule has 0 aliphatic rings. The van der Waals surface area contributed by atoms with E-state index in [-0.39, 0.29) is 6.04 Å². The van der Waals surface area contributed by atoms with Gasteiger partial charge in [-0.1, -0.05) is 42.5 Å². The molecule has 0 spiro atoms. The van der Waals surface area contributed by atoms with E-state index in [2.05, 4.69) is 30.6 Å². The van der Waals surface area contributed by atoms with Crippen molar-refractivity contribution < 1.29 is 9.47 Å². The van der Waals surface area contributed by atoms with Crippen molar-refractivity contribution in [1.82, 2.24) is 0 Å². The zero-order valence-electron chi connectivity index (χ0n) is 13.7. The van der Waals surface area contributed by atoms with Crippen LogP contribution in [-0.2, 0) is 6.42 Å². The lowest BCUT2D eigenvalue weighted by Crippen LogP contribution is -2.10. The van der Waals surface area contributed by atoms with Crippen LogP contribution in [0.4, 0.5) is 5.69 Å². The maximum absolute atomic E-state index is 5.51. The van der Waals surface area contributed by atoms with Crippen LogP contribution in [0.25, 0.3) is 0 Å². The first-order valence-corrected chi connectivity index (χ1v) is 7.53. The molecule has 0 saturated heterocycles. The summed E-state index contributed by atoms with van der Waals surface area (Å²) in [5, 5.41) is 3.52. The summed E-state index contributed by atoms with van der Waals surface area (Å²) in [5.74, 6) is 1.52. The second-order valence-electron chi connectivity index (χ2n) is 5.12. The molecule has 0 bridgehead atoms. The fraction of sp³-hybridized carbons (Fsp3) is 0.200. The molecule has 3 heteroatoms. The molecule has 2 aromatic rings. The lowest BCUT2D eigenvalue weighted by Gasteiger charge is -2.21. The molecule has 3 nitrogen and oxygen atoms in total. The first kappa shape index (κ1) is 16.7. The number of hydrogen-bond donors (Lipinski definition) is 1. The number of ether oxygens (including phenoxy) is 2. The number of hydrogen-bond acceptors (Lipinski definition) is 3. The quantitative estimate of drug-likeness (QED) is 0.712. The molecule has 0 fully saturated rings. The van der Waals surface area contributed by atoms with Gasteiger partial charge in [-0.15, -0.1) is 13.2 Å². The zero-order chi connectivity index (χ0) is 16.7. The molecule has 2 rings (SSSR count). The highest BCUT2D eigenvalue weighted by molar-refractivity contribution is 5.63. The average Bonchev–Trinajstić information content (AvgIpc) is 2.61. The minimum atomic E-state index is -0.00317. The van der Waals surface area contributed by atoms with Crippen LogP contribution < -0.4 is 14.8 Å². The normalized spacial score (nSPS) is 11.4. The van der Waals surface area contributed by atoms with Crippen molar-refractivity contribution in [3.05, 3.63) is 78.9 Å². The highest BCUT2D eigenvalue weighted by atomic mass is 16.5. The van der Waals surface area contributed by atoms with Crippen molar-refractivity contribution in [3.8, 4) is 11.5 Å². The molecule has 0 amide bonds. The SMILES string of the molecule is C=CCc1c(N[C@@H](C=C)c2ccccc2)cc(OC)cc1OC. The third-order valence-electron chi connectivity index (χ3n) is 3.69. The topological polar surface area (TPSA) is 30.5 Å². The van der Waals surface area contributed by atoms with Gasteiger partial charge in [-0.3, -0.25) is 0 Å². The summed E-state index contributed by atoms with van der Waals surface area (Å²) in [6.07, 6.45) is 4.45. The Kier molecular flexibility index (Phi) is 5.87. The third kappa shape index (κ3) is 3.95. The van der Waals surface area contributed by atoms with Gasteiger partial charge in [0, 0.05) is 23.4 Å². The number of nitrogens with one attached hydrogen (secondary N) is 1. The maximum Gasteiger partial charge on any atom is 0.128 e. The standard InChI is InChI=1S/C20H23NO2/c1-5-10-17-19(13-16(22-3)14-20(17)23-4)21-18(6-2)15-11-8-7-9-12-15/h5-9,11-14,18,21H,1-2,10H2,3-4H3/t18-/m0/s1. The molecular formula is C20H23NO2. The van der Waals surface area contributed by atoms with E-state index in [0.717, 1.165) is 28.3 Å². The van der Waals surface area contributed by atoms with E-state index in [4.69, 9.17) is 9.47 Å². The fourth-order valence-corrected chi connectivity index (χ4v) is 2.51. The van der Waals surface area contributed by atoms with Crippen molar-refractivity contribution in [2.45, 2.75) is 12.5 Å². The smallest absolute Gasteiger partial charge is 0.128 e. The van der Waals surface area contributed by atoms with E-state index in [1.807, 2.05) is 42.5 Å². The van der Waals surface area contributed by atoms with E-state index in [1.165, 1.54) is 0 Å². The van der Waals surface area contributed by atoms with Gasteiger partial charge >= 0.3 is 0 Å². The first-order valence-electron chi connectivity index (χ1n) is 7.53. The number of rotatable bonds is 8. The van der Waals surface area contributed by atoms with Crippen molar-refractivity contribution in [1.29, 1.82) is 0 Å². The first-order chi connectivity index (χ1) is 11.2. The van der Waals surface area contributed by atoms with Gasteiger partial charge in [0.15, 0.2) is 0 Å². The Morgan fingerprint density at radius 3 is 2.39 bits per heavy atom. The molecule has 23 heavy (non-hydrogen) atoms. The highest BCUT2D eigenvalue weighted by Crippen LogP contribution is 2.35. The Balaban J connectivity index is 2.43. The van der Waals surface area contributed by atoms with Crippen LogP contribution in [-0.4, -0.2) is 14.2 Å². The van der Waals surface area contributed by atoms with Gasteiger partial charge in [0.2, 0.25) is 0 Å². The monoisotopic (exact) mass is 309 g/mol. The molecule has 0 radical (unpaired) electrons. The molecule has 0 unspecified atom stereocenters. The molecule has 1 atom stereocenters. The second kappa shape index (κ2) is 8.08. The lowest BCUT2D eigenvalue weighted by molar-refractivity contribution is 0.392. The average molecular weight is 309 g/mol. The summed E-state index contributed by atoms with van der Waals surface area (Å²) in [4.78, 5) is 0. The Morgan fingerprint density at radius 2 is 1.83 bits per heavy atom. The summed E-state index contributed by atoms with van der Waals surface area (Å²) in [6, 6.07) is 14.0. The predicted molar refractivity (Wildman–Crippen MR) is 96.4 cm³/mol. The van der Waals surface area contributed by atoms with Crippen LogP contribution in [0.5, 0.6) is 11.5 Å². The second-order valence-corrected chi connectivity index (χ2v) is 5.12. The van der Waals surface area contributed by atoms with Gasteiger partial charge in [0.25, 0.3) is 0 Å². The Morgan fingerprint density at radius 1 is 1.09 bits per heavy atom. The summed E-state index contributed by atoms with van der Waals surface area (Å²) >= 11 is 0. The number of methoxy groups -OCH3 is 2. The van der Waals surface area contributed by atoms with Gasteiger partial charge in [-0.05, 0) is 12.0 Å². The molecule has 1 N–H and O–H groups in total. The molecule has 2 aromatic carbocycles. The molecule has 120 valence electrons. The van der Waals surface area contributed by atoms with Crippen molar-refractivity contribution >= 4 is 5.69 Å². The van der Waals surface area contributed by atoms with E-state index >= 15 is 0 Å². The van der Waals surface area contributed by atoms with Crippen molar-refractivity contribution in [3.63, 3.8) is 0 Å². The molecule has 0 aliphatic heterocycles. The highest BCUT2D eigenvalue weighted by Gasteiger charge is 2.14. The number of benzene rings is 2. The van der Waals surface area contributed by atoms with Crippen LogP contribution in [0.15, 0.2) is 67.8 Å². The van der Waals surface area contributed by atoms with E-state index < -0.39 is 0 Å². The summed E-state index contributed by atoms with van der Waals surface area (Å²) in [6.45, 7) is 7.79. The summed E-state index contributed by atoms with van der Waals surface area (Å²) in [7, 11) is 3.31. The Labute approximate surface area is 138 Å². The van der Waals surface area contributed by atoms with Gasteiger partial charge in [0.05, 0.1) is 20.3 Å². The summed E-state index contributed by atoms with van der Waals surface area (Å²) in [5.41, 5.74) is 3.15. The largest absolute Gasteiger partial charge is 0.497 e. The fourth-order valence-electron chi connectivity index (χ4n) is 2.51. The van der Waals surface area contributed by atoms with Crippen LogP contribution in [0.1, 0.15) is 17.2 Å². The van der Waals surface area contributed by atoms with Crippen molar-refractivity contribution in [2.24, 2.45) is 0 Å². The van der Waals surface area contributed by atoms with E-state index in [1.54, 1.807) is 14.2 Å². The molecule has 0 aromatic heterocycles. The maximum atomic E-state index is 5.51. The van der Waals surface area contributed by atoms with Crippen LogP contribution >= 0.6 is 0 Å². The van der Waals surface area contributed by atoms with Crippen LogP contribution in [0.2, 0.25) is 0 Å². The summed E-state index contributed by atoms with van der Waals surface area (Å²) < 4.78 is 10.9. The lowest BCUT2D eigenvalue weighted by atomic mass is 10.0. The Bertz CT molecular complexity index is 665. The minimum absolute atomic E-state index is 0.00317. The Hall–Kier alpha value is -2.68. The van der Waals surface area contributed by atoms with Gasteiger partial charge in [-0.2, -0.15) is 0 Å². The van der Waals surface area contributed by atoms with Crippen LogP contribution in [0, 0.1) is 0 Å². The van der Waals surface area contributed by atoms with E-state index in [0.29, 0.717) is 6.42 Å². The van der Waals surface area contributed by atoms with E-state index in [9.17, 15) is 0 Å². The molecule has 0 aliphatic carbocycles. The number of anilines is 1. The van der Waals surface area contributed by atoms with Crippen molar-refractivity contribution in [2.75, 3.05) is 19.5 Å². The molecule has 0 heterocycles. The minimum Gasteiger partial charge on any atom is -0.497 e. The number of allylic oxidation sites excluding steroid dienone is 1. The molecular weight excluding hydrogens is 286 g/mol. The van der Waals surface area contributed by atoms with Gasteiger partial charge in [0.1, 0.15) is 11.5 Å².